The first kappa shape index (κ1) is 18.2. The number of aliphatic imine (C=N–C) groups is 1. The van der Waals surface area contributed by atoms with Crippen LogP contribution in [0.2, 0.25) is 0 Å². The van der Waals surface area contributed by atoms with E-state index in [9.17, 15) is 0 Å². The van der Waals surface area contributed by atoms with Gasteiger partial charge in [-0.25, -0.2) is 0 Å². The summed E-state index contributed by atoms with van der Waals surface area (Å²) in [7, 11) is 0. The number of rotatable bonds is 13. The lowest BCUT2D eigenvalue weighted by atomic mass is 10.1. The molecule has 1 aliphatic rings. The van der Waals surface area contributed by atoms with Gasteiger partial charge in [-0.2, -0.15) is 0 Å². The molecule has 2 N–H and O–H groups in total. The lowest BCUT2D eigenvalue weighted by Crippen LogP contribution is -2.41. The van der Waals surface area contributed by atoms with Crippen LogP contribution in [-0.2, 0) is 0 Å². The van der Waals surface area contributed by atoms with Crippen LogP contribution in [0.5, 0.6) is 0 Å². The maximum atomic E-state index is 5.96. The SMILES string of the molecule is C=CCCCCCCCCCCCC1=NCCN1C(C)N. The van der Waals surface area contributed by atoms with Crippen molar-refractivity contribution in [2.75, 3.05) is 13.1 Å². The van der Waals surface area contributed by atoms with E-state index in [-0.39, 0.29) is 6.17 Å². The number of nitrogens with zero attached hydrogens (tertiary/aromatic N) is 2. The minimum Gasteiger partial charge on any atom is -0.343 e. The molecule has 0 saturated carbocycles. The van der Waals surface area contributed by atoms with Gasteiger partial charge in [0.15, 0.2) is 0 Å². The lowest BCUT2D eigenvalue weighted by molar-refractivity contribution is 0.358. The van der Waals surface area contributed by atoms with Crippen molar-refractivity contribution in [1.29, 1.82) is 0 Å². The van der Waals surface area contributed by atoms with E-state index >= 15 is 0 Å². The van der Waals surface area contributed by atoms with Gasteiger partial charge in [0.1, 0.15) is 5.84 Å². The Morgan fingerprint density at radius 3 is 2.24 bits per heavy atom. The summed E-state index contributed by atoms with van der Waals surface area (Å²) in [5, 5.41) is 0. The third kappa shape index (κ3) is 8.25. The van der Waals surface area contributed by atoms with Gasteiger partial charge in [-0.3, -0.25) is 4.99 Å². The average molecular weight is 293 g/mol. The molecule has 0 aromatic heterocycles. The Hall–Kier alpha value is -0.830. The van der Waals surface area contributed by atoms with Crippen LogP contribution in [0.25, 0.3) is 0 Å². The van der Waals surface area contributed by atoms with Gasteiger partial charge in [-0.05, 0) is 26.2 Å². The van der Waals surface area contributed by atoms with Crippen molar-refractivity contribution in [1.82, 2.24) is 4.90 Å². The summed E-state index contributed by atoms with van der Waals surface area (Å²) in [6.45, 7) is 7.76. The van der Waals surface area contributed by atoms with Crippen molar-refractivity contribution in [3.8, 4) is 0 Å². The smallest absolute Gasteiger partial charge is 0.100 e. The molecule has 0 fully saturated rings. The Kier molecular flexibility index (Phi) is 10.2. The first-order valence-electron chi connectivity index (χ1n) is 8.92. The largest absolute Gasteiger partial charge is 0.343 e. The van der Waals surface area contributed by atoms with E-state index in [0.29, 0.717) is 0 Å². The highest BCUT2D eigenvalue weighted by Crippen LogP contribution is 2.14. The van der Waals surface area contributed by atoms with Crippen molar-refractivity contribution >= 4 is 5.84 Å². The summed E-state index contributed by atoms with van der Waals surface area (Å²) in [5.74, 6) is 1.24. The van der Waals surface area contributed by atoms with Crippen LogP contribution in [0.15, 0.2) is 17.6 Å². The number of nitrogens with two attached hydrogens (primary N) is 1. The standard InChI is InChI=1S/C18H35N3/c1-3-4-5-6-7-8-9-10-11-12-13-14-18-20-15-16-21(18)17(2)19/h3,17H,1,4-16,19H2,2H3. The molecule has 0 amide bonds. The Balaban J connectivity index is 1.88. The second-order valence-corrected chi connectivity index (χ2v) is 6.24. The zero-order chi connectivity index (χ0) is 15.3. The maximum absolute atomic E-state index is 5.96. The summed E-state index contributed by atoms with van der Waals surface area (Å²) in [4.78, 5) is 6.83. The highest BCUT2D eigenvalue weighted by atomic mass is 15.3. The summed E-state index contributed by atoms with van der Waals surface area (Å²) in [6.07, 6.45) is 16.7. The highest BCUT2D eigenvalue weighted by molar-refractivity contribution is 5.83. The molecule has 3 nitrogen and oxygen atoms in total. The van der Waals surface area contributed by atoms with Crippen molar-refractivity contribution < 1.29 is 0 Å². The maximum Gasteiger partial charge on any atom is 0.100 e. The molecule has 3 heteroatoms. The van der Waals surface area contributed by atoms with Crippen molar-refractivity contribution in [3.63, 3.8) is 0 Å². The van der Waals surface area contributed by atoms with E-state index < -0.39 is 0 Å². The monoisotopic (exact) mass is 293 g/mol. The van der Waals surface area contributed by atoms with Crippen molar-refractivity contribution in [2.45, 2.75) is 83.7 Å². The molecule has 122 valence electrons. The third-order valence-corrected chi connectivity index (χ3v) is 4.27. The second kappa shape index (κ2) is 11.8. The highest BCUT2D eigenvalue weighted by Gasteiger charge is 2.18. The molecule has 0 aromatic carbocycles. The van der Waals surface area contributed by atoms with Crippen LogP contribution in [0, 0.1) is 0 Å². The average Bonchev–Trinajstić information content (AvgIpc) is 2.93. The quantitative estimate of drug-likeness (QED) is 0.402. The molecule has 0 radical (unpaired) electrons. The Labute approximate surface area is 131 Å². The molecule has 21 heavy (non-hydrogen) atoms. The van der Waals surface area contributed by atoms with Crippen LogP contribution in [0.4, 0.5) is 0 Å². The Morgan fingerprint density at radius 2 is 1.67 bits per heavy atom. The minimum absolute atomic E-state index is 0.118. The molecular weight excluding hydrogens is 258 g/mol. The van der Waals surface area contributed by atoms with Crippen LogP contribution >= 0.6 is 0 Å². The van der Waals surface area contributed by atoms with Crippen LogP contribution in [-0.4, -0.2) is 30.0 Å². The molecule has 0 aliphatic carbocycles. The first-order chi connectivity index (χ1) is 10.3. The molecule has 1 heterocycles. The van der Waals surface area contributed by atoms with Crippen LogP contribution in [0.1, 0.15) is 77.6 Å². The van der Waals surface area contributed by atoms with Gasteiger partial charge in [-0.1, -0.05) is 51.0 Å². The van der Waals surface area contributed by atoms with Gasteiger partial charge < -0.3 is 10.6 Å². The Bertz CT molecular complexity index is 297. The minimum atomic E-state index is 0.118. The number of unbranched alkanes of at least 4 members (excludes halogenated alkanes) is 9. The predicted octanol–water partition coefficient (Wildman–Crippen LogP) is 4.48. The third-order valence-electron chi connectivity index (χ3n) is 4.27. The van der Waals surface area contributed by atoms with E-state index in [1.165, 1.54) is 70.0 Å². The van der Waals surface area contributed by atoms with Gasteiger partial charge in [0, 0.05) is 13.0 Å². The topological polar surface area (TPSA) is 41.6 Å². The number of amidine groups is 1. The van der Waals surface area contributed by atoms with E-state index in [1.807, 2.05) is 6.08 Å². The number of allylic oxidation sites excluding steroid dienone is 1. The molecule has 1 unspecified atom stereocenters. The zero-order valence-corrected chi connectivity index (χ0v) is 14.0. The molecule has 0 spiro atoms. The van der Waals surface area contributed by atoms with Crippen LogP contribution < -0.4 is 5.73 Å². The fourth-order valence-electron chi connectivity index (χ4n) is 2.98. The molecule has 0 bridgehead atoms. The normalized spacial score (nSPS) is 16.1. The molecule has 1 rings (SSSR count). The molecular formula is C18H35N3. The number of hydrogen-bond donors (Lipinski definition) is 1. The number of hydrogen-bond acceptors (Lipinski definition) is 3. The van der Waals surface area contributed by atoms with Gasteiger partial charge in [0.25, 0.3) is 0 Å². The summed E-state index contributed by atoms with van der Waals surface area (Å²) in [6, 6.07) is 0. The van der Waals surface area contributed by atoms with Gasteiger partial charge in [0.05, 0.1) is 12.7 Å². The summed E-state index contributed by atoms with van der Waals surface area (Å²) >= 11 is 0. The summed E-state index contributed by atoms with van der Waals surface area (Å²) < 4.78 is 0. The van der Waals surface area contributed by atoms with Gasteiger partial charge in [-0.15, -0.1) is 6.58 Å². The molecule has 1 atom stereocenters. The van der Waals surface area contributed by atoms with E-state index in [2.05, 4.69) is 23.4 Å². The molecule has 1 aliphatic heterocycles. The second-order valence-electron chi connectivity index (χ2n) is 6.24. The van der Waals surface area contributed by atoms with E-state index in [0.717, 1.165) is 19.5 Å². The Morgan fingerprint density at radius 1 is 1.10 bits per heavy atom. The lowest BCUT2D eigenvalue weighted by Gasteiger charge is -2.24. The van der Waals surface area contributed by atoms with Crippen LogP contribution in [0.3, 0.4) is 0 Å². The summed E-state index contributed by atoms with van der Waals surface area (Å²) in [5.41, 5.74) is 5.96. The first-order valence-corrected chi connectivity index (χ1v) is 8.92. The van der Waals surface area contributed by atoms with E-state index in [4.69, 9.17) is 5.73 Å². The van der Waals surface area contributed by atoms with E-state index in [1.54, 1.807) is 0 Å². The van der Waals surface area contributed by atoms with Crippen molar-refractivity contribution in [3.05, 3.63) is 12.7 Å². The van der Waals surface area contributed by atoms with Gasteiger partial charge >= 0.3 is 0 Å². The zero-order valence-electron chi connectivity index (χ0n) is 14.0. The molecule has 0 saturated heterocycles. The fraction of sp³-hybridized carbons (Fsp3) is 0.833. The van der Waals surface area contributed by atoms with Gasteiger partial charge in [0.2, 0.25) is 0 Å². The van der Waals surface area contributed by atoms with Crippen molar-refractivity contribution in [2.24, 2.45) is 10.7 Å². The predicted molar refractivity (Wildman–Crippen MR) is 93.6 cm³/mol. The molecule has 0 aromatic rings. The fourth-order valence-corrected chi connectivity index (χ4v) is 2.98.